The molecule has 0 aliphatic carbocycles. The standard InChI is InChI=1S/C22H24N2O3S/c1-15(16-10-6-5-7-11-16)24-20(26)17-12-8-9-13-18(17)23-21(24)28-14-19(25)27-22(2,3)4/h5-13,15H,14H2,1-4H3. The van der Waals surface area contributed by atoms with Gasteiger partial charge >= 0.3 is 5.97 Å². The van der Waals surface area contributed by atoms with Gasteiger partial charge in [-0.1, -0.05) is 54.2 Å². The van der Waals surface area contributed by atoms with Gasteiger partial charge in [0.15, 0.2) is 5.16 Å². The fourth-order valence-electron chi connectivity index (χ4n) is 2.94. The Bertz CT molecular complexity index is 1040. The minimum Gasteiger partial charge on any atom is -0.459 e. The van der Waals surface area contributed by atoms with Crippen molar-refractivity contribution in [2.75, 3.05) is 5.75 Å². The maximum Gasteiger partial charge on any atom is 0.316 e. The number of benzene rings is 2. The van der Waals surface area contributed by atoms with E-state index in [1.807, 2.05) is 76.2 Å². The molecule has 3 aromatic rings. The molecule has 0 N–H and O–H groups in total. The summed E-state index contributed by atoms with van der Waals surface area (Å²) >= 11 is 1.23. The molecule has 0 aliphatic rings. The second-order valence-corrected chi connectivity index (χ2v) is 8.49. The van der Waals surface area contributed by atoms with E-state index in [1.165, 1.54) is 11.8 Å². The molecule has 0 fully saturated rings. The first-order chi connectivity index (χ1) is 13.3. The van der Waals surface area contributed by atoms with Crippen molar-refractivity contribution in [1.82, 2.24) is 9.55 Å². The summed E-state index contributed by atoms with van der Waals surface area (Å²) in [4.78, 5) is 30.1. The smallest absolute Gasteiger partial charge is 0.316 e. The van der Waals surface area contributed by atoms with Crippen LogP contribution in [0.15, 0.2) is 64.5 Å². The molecule has 0 saturated heterocycles. The van der Waals surface area contributed by atoms with Crippen molar-refractivity contribution in [2.45, 2.75) is 44.5 Å². The molecular weight excluding hydrogens is 372 g/mol. The molecule has 6 heteroatoms. The maximum absolute atomic E-state index is 13.2. The van der Waals surface area contributed by atoms with E-state index in [2.05, 4.69) is 4.98 Å². The van der Waals surface area contributed by atoms with Gasteiger partial charge < -0.3 is 4.74 Å². The Kier molecular flexibility index (Phi) is 5.89. The number of carbonyl (C=O) groups excluding carboxylic acids is 1. The number of ether oxygens (including phenoxy) is 1. The summed E-state index contributed by atoms with van der Waals surface area (Å²) in [6.07, 6.45) is 0. The molecule has 1 heterocycles. The number of hydrogen-bond donors (Lipinski definition) is 0. The van der Waals surface area contributed by atoms with Crippen LogP contribution in [0.2, 0.25) is 0 Å². The molecule has 0 bridgehead atoms. The third-order valence-corrected chi connectivity index (χ3v) is 5.11. The van der Waals surface area contributed by atoms with Crippen molar-refractivity contribution in [2.24, 2.45) is 0 Å². The van der Waals surface area contributed by atoms with Gasteiger partial charge in [-0.15, -0.1) is 0 Å². The summed E-state index contributed by atoms with van der Waals surface area (Å²) in [6.45, 7) is 7.45. The van der Waals surface area contributed by atoms with Gasteiger partial charge in [-0.3, -0.25) is 14.2 Å². The average Bonchev–Trinajstić information content (AvgIpc) is 2.65. The van der Waals surface area contributed by atoms with Crippen LogP contribution < -0.4 is 5.56 Å². The minimum atomic E-state index is -0.550. The Hall–Kier alpha value is -2.60. The molecule has 0 radical (unpaired) electrons. The van der Waals surface area contributed by atoms with Gasteiger partial charge in [0, 0.05) is 0 Å². The molecule has 1 aromatic heterocycles. The van der Waals surface area contributed by atoms with Crippen LogP contribution in [0.1, 0.15) is 39.3 Å². The van der Waals surface area contributed by atoms with Crippen LogP contribution in [-0.4, -0.2) is 26.9 Å². The van der Waals surface area contributed by atoms with E-state index in [1.54, 1.807) is 10.6 Å². The van der Waals surface area contributed by atoms with Crippen LogP contribution in [0.25, 0.3) is 10.9 Å². The van der Waals surface area contributed by atoms with Crippen molar-refractivity contribution < 1.29 is 9.53 Å². The van der Waals surface area contributed by atoms with Crippen LogP contribution in [0.3, 0.4) is 0 Å². The van der Waals surface area contributed by atoms with Crippen molar-refractivity contribution in [1.29, 1.82) is 0 Å². The molecule has 5 nitrogen and oxygen atoms in total. The van der Waals surface area contributed by atoms with Crippen LogP contribution in [0.4, 0.5) is 0 Å². The first kappa shape index (κ1) is 20.1. The number of para-hydroxylation sites is 1. The highest BCUT2D eigenvalue weighted by molar-refractivity contribution is 7.99. The number of nitrogens with zero attached hydrogens (tertiary/aromatic N) is 2. The molecule has 0 amide bonds. The van der Waals surface area contributed by atoms with E-state index in [0.717, 1.165) is 5.56 Å². The van der Waals surface area contributed by atoms with Crippen molar-refractivity contribution in [3.8, 4) is 0 Å². The molecule has 146 valence electrons. The lowest BCUT2D eigenvalue weighted by Gasteiger charge is -2.21. The zero-order valence-corrected chi connectivity index (χ0v) is 17.3. The van der Waals surface area contributed by atoms with Gasteiger partial charge in [0.25, 0.3) is 5.56 Å². The largest absolute Gasteiger partial charge is 0.459 e. The summed E-state index contributed by atoms with van der Waals surface area (Å²) in [5, 5.41) is 1.07. The molecule has 0 saturated carbocycles. The molecular formula is C22H24N2O3S. The van der Waals surface area contributed by atoms with E-state index in [-0.39, 0.29) is 23.3 Å². The Morgan fingerprint density at radius 1 is 1.11 bits per heavy atom. The molecule has 0 aliphatic heterocycles. The maximum atomic E-state index is 13.2. The van der Waals surface area contributed by atoms with Crippen LogP contribution in [-0.2, 0) is 9.53 Å². The number of rotatable bonds is 5. The average molecular weight is 397 g/mol. The lowest BCUT2D eigenvalue weighted by atomic mass is 10.1. The van der Waals surface area contributed by atoms with Crippen LogP contribution in [0, 0.1) is 0 Å². The lowest BCUT2D eigenvalue weighted by Crippen LogP contribution is -2.28. The first-order valence-corrected chi connectivity index (χ1v) is 10.2. The second-order valence-electron chi connectivity index (χ2n) is 7.55. The topological polar surface area (TPSA) is 61.2 Å². The molecule has 28 heavy (non-hydrogen) atoms. The van der Waals surface area contributed by atoms with Crippen LogP contribution >= 0.6 is 11.8 Å². The Morgan fingerprint density at radius 3 is 2.43 bits per heavy atom. The number of thioether (sulfide) groups is 1. The molecule has 0 spiro atoms. The highest BCUT2D eigenvalue weighted by Gasteiger charge is 2.21. The number of esters is 1. The third kappa shape index (κ3) is 4.62. The number of fused-ring (bicyclic) bond motifs is 1. The fraction of sp³-hybridized carbons (Fsp3) is 0.318. The number of aromatic nitrogens is 2. The highest BCUT2D eigenvalue weighted by atomic mass is 32.2. The SMILES string of the molecule is CC(c1ccccc1)n1c(SCC(=O)OC(C)(C)C)nc2ccccc2c1=O. The van der Waals surface area contributed by atoms with Gasteiger partial charge in [-0.25, -0.2) is 4.98 Å². The summed E-state index contributed by atoms with van der Waals surface area (Å²) in [6, 6.07) is 16.8. The van der Waals surface area contributed by atoms with Gasteiger partial charge in [0.05, 0.1) is 22.7 Å². The Morgan fingerprint density at radius 2 is 1.75 bits per heavy atom. The predicted molar refractivity (Wildman–Crippen MR) is 113 cm³/mol. The van der Waals surface area contributed by atoms with Gasteiger partial charge in [-0.05, 0) is 45.4 Å². The zero-order chi connectivity index (χ0) is 20.3. The van der Waals surface area contributed by atoms with Gasteiger partial charge in [-0.2, -0.15) is 0 Å². The van der Waals surface area contributed by atoms with E-state index < -0.39 is 5.60 Å². The quantitative estimate of drug-likeness (QED) is 0.362. The second kappa shape index (κ2) is 8.19. The van der Waals surface area contributed by atoms with Gasteiger partial charge in [0.2, 0.25) is 0 Å². The van der Waals surface area contributed by atoms with E-state index in [9.17, 15) is 9.59 Å². The fourth-order valence-corrected chi connectivity index (χ4v) is 3.79. The van der Waals surface area contributed by atoms with Gasteiger partial charge in [0.1, 0.15) is 5.60 Å². The minimum absolute atomic E-state index is 0.0869. The zero-order valence-electron chi connectivity index (χ0n) is 16.5. The third-order valence-electron chi connectivity index (χ3n) is 4.18. The van der Waals surface area contributed by atoms with Crippen molar-refractivity contribution >= 4 is 28.6 Å². The molecule has 2 aromatic carbocycles. The Labute approximate surface area is 168 Å². The molecule has 1 unspecified atom stereocenters. The Balaban J connectivity index is 2.02. The first-order valence-electron chi connectivity index (χ1n) is 9.17. The predicted octanol–water partition coefficient (Wildman–Crippen LogP) is 4.44. The number of carbonyl (C=O) groups is 1. The monoisotopic (exact) mass is 396 g/mol. The van der Waals surface area contributed by atoms with E-state index >= 15 is 0 Å². The van der Waals surface area contributed by atoms with Crippen molar-refractivity contribution in [3.63, 3.8) is 0 Å². The van der Waals surface area contributed by atoms with Crippen LogP contribution in [0.5, 0.6) is 0 Å². The van der Waals surface area contributed by atoms with E-state index in [4.69, 9.17) is 4.74 Å². The van der Waals surface area contributed by atoms with Crippen molar-refractivity contribution in [3.05, 3.63) is 70.5 Å². The summed E-state index contributed by atoms with van der Waals surface area (Å²) in [5.41, 5.74) is 0.955. The highest BCUT2D eigenvalue weighted by Crippen LogP contribution is 2.25. The summed E-state index contributed by atoms with van der Waals surface area (Å²) in [7, 11) is 0. The summed E-state index contributed by atoms with van der Waals surface area (Å²) < 4.78 is 7.05. The lowest BCUT2D eigenvalue weighted by molar-refractivity contribution is -0.151. The number of hydrogen-bond acceptors (Lipinski definition) is 5. The molecule has 1 atom stereocenters. The van der Waals surface area contributed by atoms with E-state index in [0.29, 0.717) is 16.1 Å². The normalized spacial score (nSPS) is 12.7. The summed E-state index contributed by atoms with van der Waals surface area (Å²) in [5.74, 6) is -0.248. The molecule has 3 rings (SSSR count).